The number of hydrogen-bond donors (Lipinski definition) is 1. The van der Waals surface area contributed by atoms with Crippen LogP contribution < -0.4 is 5.32 Å². The van der Waals surface area contributed by atoms with E-state index < -0.39 is 0 Å². The van der Waals surface area contributed by atoms with Crippen LogP contribution in [0.2, 0.25) is 0 Å². The number of nitrogens with one attached hydrogen (secondary N) is 1. The van der Waals surface area contributed by atoms with Gasteiger partial charge in [0.15, 0.2) is 0 Å². The molecule has 4 nitrogen and oxygen atoms in total. The first kappa shape index (κ1) is 15.3. The fourth-order valence-electron chi connectivity index (χ4n) is 2.68. The van der Waals surface area contributed by atoms with Gasteiger partial charge in [-0.3, -0.25) is 0 Å². The minimum absolute atomic E-state index is 0.181. The van der Waals surface area contributed by atoms with Gasteiger partial charge in [-0.25, -0.2) is 4.79 Å². The summed E-state index contributed by atoms with van der Waals surface area (Å²) in [5.41, 5.74) is 0. The molecule has 0 radical (unpaired) electrons. The molecule has 4 heteroatoms. The van der Waals surface area contributed by atoms with Crippen molar-refractivity contribution in [2.24, 2.45) is 5.92 Å². The average Bonchev–Trinajstić information content (AvgIpc) is 2.41. The minimum Gasteiger partial charge on any atom is -0.453 e. The maximum atomic E-state index is 11.7. The number of hydrogen-bond acceptors (Lipinski definition) is 3. The average molecular weight is 256 g/mol. The molecule has 0 aromatic heterocycles. The molecule has 106 valence electrons. The van der Waals surface area contributed by atoms with E-state index in [4.69, 9.17) is 4.74 Å². The monoisotopic (exact) mass is 256 g/mol. The zero-order valence-electron chi connectivity index (χ0n) is 12.1. The first-order chi connectivity index (χ1) is 8.71. The van der Waals surface area contributed by atoms with Crippen molar-refractivity contribution < 1.29 is 9.53 Å². The van der Waals surface area contributed by atoms with E-state index in [1.807, 2.05) is 4.90 Å². The lowest BCUT2D eigenvalue weighted by Gasteiger charge is -2.37. The van der Waals surface area contributed by atoms with Gasteiger partial charge in [0.05, 0.1) is 7.11 Å². The van der Waals surface area contributed by atoms with Crippen LogP contribution in [0.25, 0.3) is 0 Å². The van der Waals surface area contributed by atoms with Crippen LogP contribution in [0.5, 0.6) is 0 Å². The first-order valence-corrected chi connectivity index (χ1v) is 7.27. The Morgan fingerprint density at radius 2 is 2.11 bits per heavy atom. The summed E-state index contributed by atoms with van der Waals surface area (Å²) in [4.78, 5) is 13.5. The Hall–Kier alpha value is -0.770. The van der Waals surface area contributed by atoms with Crippen molar-refractivity contribution in [1.29, 1.82) is 0 Å². The van der Waals surface area contributed by atoms with Gasteiger partial charge in [-0.2, -0.15) is 0 Å². The summed E-state index contributed by atoms with van der Waals surface area (Å²) < 4.78 is 4.85. The first-order valence-electron chi connectivity index (χ1n) is 7.27. The second-order valence-corrected chi connectivity index (χ2v) is 5.27. The Balaban J connectivity index is 2.51. The maximum absolute atomic E-state index is 11.7. The Labute approximate surface area is 111 Å². The fraction of sp³-hybridized carbons (Fsp3) is 0.929. The van der Waals surface area contributed by atoms with Crippen LogP contribution in [0.15, 0.2) is 0 Å². The normalized spacial score (nSPS) is 24.1. The number of amides is 1. The summed E-state index contributed by atoms with van der Waals surface area (Å²) in [6.45, 7) is 7.06. The highest BCUT2D eigenvalue weighted by Gasteiger charge is 2.29. The van der Waals surface area contributed by atoms with Crippen LogP contribution in [0.3, 0.4) is 0 Å². The highest BCUT2D eigenvalue weighted by atomic mass is 16.5. The van der Waals surface area contributed by atoms with Crippen molar-refractivity contribution in [3.05, 3.63) is 0 Å². The summed E-state index contributed by atoms with van der Waals surface area (Å²) >= 11 is 0. The lowest BCUT2D eigenvalue weighted by atomic mass is 9.90. The van der Waals surface area contributed by atoms with E-state index >= 15 is 0 Å². The largest absolute Gasteiger partial charge is 0.453 e. The molecule has 18 heavy (non-hydrogen) atoms. The zero-order chi connectivity index (χ0) is 13.4. The molecule has 1 aliphatic rings. The highest BCUT2D eigenvalue weighted by molar-refractivity contribution is 5.67. The number of nitrogens with zero attached hydrogens (tertiary/aromatic N) is 1. The second kappa shape index (κ2) is 8.35. The van der Waals surface area contributed by atoms with Gasteiger partial charge in [0, 0.05) is 19.1 Å². The second-order valence-electron chi connectivity index (χ2n) is 5.27. The standard InChI is InChI=1S/C14H28N2O2/c1-4-6-7-12-9-13(15-8-5-2)11-16(10-12)14(17)18-3/h12-13,15H,4-11H2,1-3H3. The van der Waals surface area contributed by atoms with Crippen LogP contribution in [-0.4, -0.2) is 43.8 Å². The molecular weight excluding hydrogens is 228 g/mol. The van der Waals surface area contributed by atoms with E-state index in [9.17, 15) is 4.79 Å². The lowest BCUT2D eigenvalue weighted by Crippen LogP contribution is -2.51. The molecule has 1 rings (SSSR count). The predicted octanol–water partition coefficient (Wildman–Crippen LogP) is 2.63. The highest BCUT2D eigenvalue weighted by Crippen LogP contribution is 2.22. The number of piperidine rings is 1. The molecule has 0 aromatic rings. The van der Waals surface area contributed by atoms with E-state index in [1.165, 1.54) is 32.8 Å². The van der Waals surface area contributed by atoms with E-state index in [0.717, 1.165) is 26.1 Å². The third-order valence-corrected chi connectivity index (χ3v) is 3.62. The molecule has 1 heterocycles. The Kier molecular flexibility index (Phi) is 7.09. The fourth-order valence-corrected chi connectivity index (χ4v) is 2.68. The van der Waals surface area contributed by atoms with Gasteiger partial charge in [-0.1, -0.05) is 26.7 Å². The summed E-state index contributed by atoms with van der Waals surface area (Å²) in [6, 6.07) is 0.430. The topological polar surface area (TPSA) is 41.6 Å². The quantitative estimate of drug-likeness (QED) is 0.794. The predicted molar refractivity (Wildman–Crippen MR) is 73.7 cm³/mol. The Morgan fingerprint density at radius 1 is 1.33 bits per heavy atom. The number of carbonyl (C=O) groups is 1. The van der Waals surface area contributed by atoms with Gasteiger partial charge in [0.25, 0.3) is 0 Å². The number of unbranched alkanes of at least 4 members (excludes halogenated alkanes) is 1. The van der Waals surface area contributed by atoms with Gasteiger partial charge in [-0.15, -0.1) is 0 Å². The summed E-state index contributed by atoms with van der Waals surface area (Å²) in [6.07, 6.45) is 5.83. The molecule has 0 spiro atoms. The van der Waals surface area contributed by atoms with Crippen molar-refractivity contribution in [3.8, 4) is 0 Å². The van der Waals surface area contributed by atoms with Crippen molar-refractivity contribution in [2.45, 2.75) is 52.0 Å². The van der Waals surface area contributed by atoms with E-state index in [1.54, 1.807) is 0 Å². The molecule has 0 aromatic carbocycles. The molecule has 1 amide bonds. The molecule has 1 N–H and O–H groups in total. The lowest BCUT2D eigenvalue weighted by molar-refractivity contribution is 0.0888. The van der Waals surface area contributed by atoms with Gasteiger partial charge >= 0.3 is 6.09 Å². The van der Waals surface area contributed by atoms with Crippen molar-refractivity contribution in [3.63, 3.8) is 0 Å². The third-order valence-electron chi connectivity index (χ3n) is 3.62. The SMILES string of the molecule is CCCCC1CC(NCCC)CN(C(=O)OC)C1. The number of methoxy groups -OCH3 is 1. The van der Waals surface area contributed by atoms with Crippen LogP contribution >= 0.6 is 0 Å². The summed E-state index contributed by atoms with van der Waals surface area (Å²) in [5, 5.41) is 3.54. The van der Waals surface area contributed by atoms with Gasteiger partial charge in [-0.05, 0) is 31.7 Å². The number of likely N-dealkylation sites (tertiary alicyclic amines) is 1. The number of rotatable bonds is 6. The Bertz CT molecular complexity index is 230. The van der Waals surface area contributed by atoms with E-state index in [2.05, 4.69) is 19.2 Å². The number of carbonyl (C=O) groups excluding carboxylic acids is 1. The Morgan fingerprint density at radius 3 is 2.72 bits per heavy atom. The van der Waals surface area contributed by atoms with E-state index in [-0.39, 0.29) is 6.09 Å². The van der Waals surface area contributed by atoms with Crippen LogP contribution in [-0.2, 0) is 4.74 Å². The molecule has 2 unspecified atom stereocenters. The molecule has 1 saturated heterocycles. The molecule has 1 fully saturated rings. The molecule has 0 bridgehead atoms. The van der Waals surface area contributed by atoms with E-state index in [0.29, 0.717) is 12.0 Å². The molecule has 0 aliphatic carbocycles. The van der Waals surface area contributed by atoms with Gasteiger partial charge in [0.2, 0.25) is 0 Å². The van der Waals surface area contributed by atoms with Crippen LogP contribution in [0, 0.1) is 5.92 Å². The van der Waals surface area contributed by atoms with Crippen molar-refractivity contribution in [1.82, 2.24) is 10.2 Å². The molecule has 2 atom stereocenters. The van der Waals surface area contributed by atoms with Crippen molar-refractivity contribution >= 4 is 6.09 Å². The zero-order valence-corrected chi connectivity index (χ0v) is 12.1. The minimum atomic E-state index is -0.181. The number of ether oxygens (including phenoxy) is 1. The van der Waals surface area contributed by atoms with Crippen LogP contribution in [0.1, 0.15) is 46.0 Å². The maximum Gasteiger partial charge on any atom is 0.409 e. The summed E-state index contributed by atoms with van der Waals surface area (Å²) in [5.74, 6) is 0.618. The van der Waals surface area contributed by atoms with Gasteiger partial charge < -0.3 is 15.0 Å². The van der Waals surface area contributed by atoms with Gasteiger partial charge in [0.1, 0.15) is 0 Å². The molecular formula is C14H28N2O2. The van der Waals surface area contributed by atoms with Crippen LogP contribution in [0.4, 0.5) is 4.79 Å². The molecule has 1 aliphatic heterocycles. The molecule has 0 saturated carbocycles. The van der Waals surface area contributed by atoms with Crippen molar-refractivity contribution in [2.75, 3.05) is 26.7 Å². The summed E-state index contributed by atoms with van der Waals surface area (Å²) in [7, 11) is 1.46. The third kappa shape index (κ3) is 4.84. The smallest absolute Gasteiger partial charge is 0.409 e.